The summed E-state index contributed by atoms with van der Waals surface area (Å²) < 4.78 is 5.27. The van der Waals surface area contributed by atoms with Gasteiger partial charge in [0.15, 0.2) is 12.4 Å². The van der Waals surface area contributed by atoms with Crippen molar-refractivity contribution in [2.75, 3.05) is 6.61 Å². The summed E-state index contributed by atoms with van der Waals surface area (Å²) in [6.07, 6.45) is 4.30. The number of amides is 1. The van der Waals surface area contributed by atoms with E-state index < -0.39 is 4.92 Å². The third-order valence-electron chi connectivity index (χ3n) is 3.72. The molecule has 1 aliphatic rings. The average molecular weight is 292 g/mol. The van der Waals surface area contributed by atoms with Crippen LogP contribution in [0.5, 0.6) is 5.75 Å². The van der Waals surface area contributed by atoms with Crippen molar-refractivity contribution in [1.29, 1.82) is 0 Å². The fourth-order valence-electron chi connectivity index (χ4n) is 2.71. The van der Waals surface area contributed by atoms with Crippen molar-refractivity contribution >= 4 is 11.6 Å². The van der Waals surface area contributed by atoms with Gasteiger partial charge in [0.05, 0.1) is 4.92 Å². The highest BCUT2D eigenvalue weighted by Crippen LogP contribution is 2.26. The fourth-order valence-corrected chi connectivity index (χ4v) is 2.71. The summed E-state index contributed by atoms with van der Waals surface area (Å²) >= 11 is 0. The maximum absolute atomic E-state index is 11.9. The molecule has 6 nitrogen and oxygen atoms in total. The van der Waals surface area contributed by atoms with Crippen LogP contribution in [0.15, 0.2) is 24.3 Å². The standard InChI is InChI=1S/C15H20N2O4/c1-11-5-4-6-12(9-11)16-15(18)10-21-14-8-3-2-7-13(14)17(19)20/h2-3,7-8,11-12H,4-6,9-10H2,1H3,(H,16,18). The number of carbonyl (C=O) groups is 1. The van der Waals surface area contributed by atoms with Crippen LogP contribution in [0.3, 0.4) is 0 Å². The third-order valence-corrected chi connectivity index (χ3v) is 3.72. The van der Waals surface area contributed by atoms with Crippen molar-refractivity contribution in [2.24, 2.45) is 5.92 Å². The Kier molecular flexibility index (Phi) is 5.14. The van der Waals surface area contributed by atoms with E-state index in [0.717, 1.165) is 19.3 Å². The number of hydrogen-bond acceptors (Lipinski definition) is 4. The topological polar surface area (TPSA) is 81.5 Å². The molecule has 0 bridgehead atoms. The first-order chi connectivity index (χ1) is 10.1. The van der Waals surface area contributed by atoms with Gasteiger partial charge in [0.25, 0.3) is 5.91 Å². The van der Waals surface area contributed by atoms with Gasteiger partial charge in [-0.1, -0.05) is 31.9 Å². The van der Waals surface area contributed by atoms with E-state index in [1.165, 1.54) is 18.6 Å². The molecule has 2 atom stereocenters. The number of nitrogens with one attached hydrogen (secondary N) is 1. The molecule has 21 heavy (non-hydrogen) atoms. The van der Waals surface area contributed by atoms with Gasteiger partial charge in [-0.05, 0) is 24.8 Å². The highest BCUT2D eigenvalue weighted by atomic mass is 16.6. The Morgan fingerprint density at radius 1 is 1.43 bits per heavy atom. The van der Waals surface area contributed by atoms with E-state index in [0.29, 0.717) is 5.92 Å². The molecular weight excluding hydrogens is 272 g/mol. The van der Waals surface area contributed by atoms with E-state index in [1.807, 2.05) is 0 Å². The number of nitro benzene ring substituents is 1. The average Bonchev–Trinajstić information content (AvgIpc) is 2.45. The molecule has 1 aliphatic carbocycles. The Morgan fingerprint density at radius 3 is 2.90 bits per heavy atom. The molecule has 0 saturated heterocycles. The summed E-state index contributed by atoms with van der Waals surface area (Å²) in [7, 11) is 0. The Morgan fingerprint density at radius 2 is 2.19 bits per heavy atom. The molecule has 1 N–H and O–H groups in total. The lowest BCUT2D eigenvalue weighted by Crippen LogP contribution is -2.40. The molecule has 2 unspecified atom stereocenters. The minimum atomic E-state index is -0.518. The van der Waals surface area contributed by atoms with Crippen LogP contribution in [0.25, 0.3) is 0 Å². The zero-order valence-electron chi connectivity index (χ0n) is 12.1. The summed E-state index contributed by atoms with van der Waals surface area (Å²) in [5.41, 5.74) is -0.128. The van der Waals surface area contributed by atoms with Gasteiger partial charge in [0.1, 0.15) is 0 Å². The van der Waals surface area contributed by atoms with Crippen LogP contribution >= 0.6 is 0 Å². The summed E-state index contributed by atoms with van der Waals surface area (Å²) in [6.45, 7) is 1.98. The molecule has 0 aliphatic heterocycles. The van der Waals surface area contributed by atoms with E-state index in [2.05, 4.69) is 12.2 Å². The fraction of sp³-hybridized carbons (Fsp3) is 0.533. The van der Waals surface area contributed by atoms with Crippen LogP contribution in [0.4, 0.5) is 5.69 Å². The van der Waals surface area contributed by atoms with Gasteiger partial charge < -0.3 is 10.1 Å². The van der Waals surface area contributed by atoms with Crippen molar-refractivity contribution in [3.63, 3.8) is 0 Å². The van der Waals surface area contributed by atoms with Crippen molar-refractivity contribution < 1.29 is 14.5 Å². The summed E-state index contributed by atoms with van der Waals surface area (Å²) in [5, 5.41) is 13.8. The first kappa shape index (κ1) is 15.3. The van der Waals surface area contributed by atoms with Gasteiger partial charge in [-0.3, -0.25) is 14.9 Å². The second-order valence-corrected chi connectivity index (χ2v) is 5.55. The second-order valence-electron chi connectivity index (χ2n) is 5.55. The first-order valence-electron chi connectivity index (χ1n) is 7.22. The molecule has 2 rings (SSSR count). The van der Waals surface area contributed by atoms with Crippen molar-refractivity contribution in [2.45, 2.75) is 38.6 Å². The largest absolute Gasteiger partial charge is 0.477 e. The van der Waals surface area contributed by atoms with Gasteiger partial charge in [0, 0.05) is 12.1 Å². The van der Waals surface area contributed by atoms with Crippen molar-refractivity contribution in [1.82, 2.24) is 5.32 Å². The molecule has 0 aromatic heterocycles. The van der Waals surface area contributed by atoms with Crippen LogP contribution in [0, 0.1) is 16.0 Å². The third kappa shape index (κ3) is 4.44. The van der Waals surface area contributed by atoms with Gasteiger partial charge in [-0.2, -0.15) is 0 Å². The van der Waals surface area contributed by atoms with E-state index in [4.69, 9.17) is 4.74 Å². The molecule has 1 fully saturated rings. The molecule has 114 valence electrons. The highest BCUT2D eigenvalue weighted by molar-refractivity contribution is 5.78. The first-order valence-corrected chi connectivity index (χ1v) is 7.22. The second kappa shape index (κ2) is 7.06. The summed E-state index contributed by atoms with van der Waals surface area (Å²) in [5.74, 6) is 0.516. The smallest absolute Gasteiger partial charge is 0.310 e. The van der Waals surface area contributed by atoms with Gasteiger partial charge in [0.2, 0.25) is 0 Å². The van der Waals surface area contributed by atoms with Crippen molar-refractivity contribution in [3.8, 4) is 5.75 Å². The molecule has 0 spiro atoms. The van der Waals surface area contributed by atoms with E-state index in [-0.39, 0.29) is 30.0 Å². The number of hydrogen-bond donors (Lipinski definition) is 1. The number of rotatable bonds is 5. The molecule has 1 aromatic carbocycles. The SMILES string of the molecule is CC1CCCC(NC(=O)COc2ccccc2[N+](=O)[O-])C1. The number of nitrogens with zero attached hydrogens (tertiary/aromatic N) is 1. The summed E-state index contributed by atoms with van der Waals surface area (Å²) in [6, 6.07) is 6.25. The van der Waals surface area contributed by atoms with Gasteiger partial charge >= 0.3 is 5.69 Å². The quantitative estimate of drug-likeness (QED) is 0.668. The van der Waals surface area contributed by atoms with Gasteiger partial charge in [-0.25, -0.2) is 0 Å². The zero-order chi connectivity index (χ0) is 15.2. The Labute approximate surface area is 123 Å². The summed E-state index contributed by atoms with van der Waals surface area (Å²) in [4.78, 5) is 22.2. The Hall–Kier alpha value is -2.11. The van der Waals surface area contributed by atoms with E-state index in [1.54, 1.807) is 12.1 Å². The van der Waals surface area contributed by atoms with Gasteiger partial charge in [-0.15, -0.1) is 0 Å². The molecule has 1 amide bonds. The van der Waals surface area contributed by atoms with E-state index >= 15 is 0 Å². The van der Waals surface area contributed by atoms with E-state index in [9.17, 15) is 14.9 Å². The minimum absolute atomic E-state index is 0.120. The lowest BCUT2D eigenvalue weighted by atomic mass is 9.87. The Bertz CT molecular complexity index is 518. The number of benzene rings is 1. The normalized spacial score (nSPS) is 21.6. The predicted octanol–water partition coefficient (Wildman–Crippen LogP) is 2.67. The number of nitro groups is 1. The van der Waals surface area contributed by atoms with Crippen LogP contribution in [0.2, 0.25) is 0 Å². The van der Waals surface area contributed by atoms with Crippen LogP contribution in [0.1, 0.15) is 32.6 Å². The maximum atomic E-state index is 11.9. The molecule has 0 radical (unpaired) electrons. The molecular formula is C15H20N2O4. The predicted molar refractivity (Wildman–Crippen MR) is 78.2 cm³/mol. The van der Waals surface area contributed by atoms with Crippen LogP contribution in [-0.4, -0.2) is 23.5 Å². The van der Waals surface area contributed by atoms with Crippen molar-refractivity contribution in [3.05, 3.63) is 34.4 Å². The molecule has 6 heteroatoms. The lowest BCUT2D eigenvalue weighted by Gasteiger charge is -2.27. The Balaban J connectivity index is 1.85. The highest BCUT2D eigenvalue weighted by Gasteiger charge is 2.21. The maximum Gasteiger partial charge on any atom is 0.310 e. The number of para-hydroxylation sites is 2. The monoisotopic (exact) mass is 292 g/mol. The number of carbonyl (C=O) groups excluding carboxylic acids is 1. The van der Waals surface area contributed by atoms with Crippen LogP contribution < -0.4 is 10.1 Å². The molecule has 1 saturated carbocycles. The van der Waals surface area contributed by atoms with Crippen LogP contribution in [-0.2, 0) is 4.79 Å². The molecule has 1 aromatic rings. The molecule has 0 heterocycles. The zero-order valence-corrected chi connectivity index (χ0v) is 12.1. The minimum Gasteiger partial charge on any atom is -0.477 e. The number of ether oxygens (including phenoxy) is 1. The lowest BCUT2D eigenvalue weighted by molar-refractivity contribution is -0.385.